The van der Waals surface area contributed by atoms with Crippen LogP contribution in [-0.4, -0.2) is 0 Å². The zero-order chi connectivity index (χ0) is 13.6. The van der Waals surface area contributed by atoms with Gasteiger partial charge >= 0.3 is 0 Å². The number of hydrogen-bond acceptors (Lipinski definition) is 0. The lowest BCUT2D eigenvalue weighted by Gasteiger charge is -2.48. The monoisotopic (exact) mass is 274 g/mol. The lowest BCUT2D eigenvalue weighted by Crippen LogP contribution is -2.40. The molecule has 0 bridgehead atoms. The van der Waals surface area contributed by atoms with Gasteiger partial charge in [0.2, 0.25) is 0 Å². The standard InChI is InChI=1S/C20H34/c1-20(15-9-3-2-4-10-15)18-13-7-5-11-16(18)17-12-6-8-14-19(17)20/h15-19H,2-14H2,1H3. The highest BCUT2D eigenvalue weighted by Crippen LogP contribution is 2.67. The van der Waals surface area contributed by atoms with E-state index in [9.17, 15) is 0 Å². The Morgan fingerprint density at radius 3 is 1.55 bits per heavy atom. The number of hydrogen-bond donors (Lipinski definition) is 0. The minimum Gasteiger partial charge on any atom is -0.0588 e. The smallest absolute Gasteiger partial charge is 0.0235 e. The summed E-state index contributed by atoms with van der Waals surface area (Å²) in [6, 6.07) is 0. The molecule has 20 heavy (non-hydrogen) atoms. The molecule has 0 N–H and O–H groups in total. The van der Waals surface area contributed by atoms with Gasteiger partial charge in [0.05, 0.1) is 0 Å². The van der Waals surface area contributed by atoms with E-state index in [-0.39, 0.29) is 0 Å². The van der Waals surface area contributed by atoms with Crippen LogP contribution in [0.15, 0.2) is 0 Å². The molecule has 114 valence electrons. The summed E-state index contributed by atoms with van der Waals surface area (Å²) in [6.45, 7) is 2.78. The van der Waals surface area contributed by atoms with Gasteiger partial charge in [-0.25, -0.2) is 0 Å². The first-order valence-electron chi connectivity index (χ1n) is 9.82. The van der Waals surface area contributed by atoms with Gasteiger partial charge in [-0.2, -0.15) is 0 Å². The minimum absolute atomic E-state index is 0.747. The number of fused-ring (bicyclic) bond motifs is 3. The zero-order valence-corrected chi connectivity index (χ0v) is 13.6. The van der Waals surface area contributed by atoms with Crippen LogP contribution in [-0.2, 0) is 0 Å². The minimum atomic E-state index is 0.747. The molecule has 0 heterocycles. The molecule has 0 aromatic rings. The van der Waals surface area contributed by atoms with Crippen LogP contribution in [0.4, 0.5) is 0 Å². The summed E-state index contributed by atoms with van der Waals surface area (Å²) < 4.78 is 0. The molecule has 4 atom stereocenters. The molecule has 0 aromatic carbocycles. The lowest BCUT2D eigenvalue weighted by atomic mass is 9.57. The van der Waals surface area contributed by atoms with E-state index in [1.807, 2.05) is 0 Å². The van der Waals surface area contributed by atoms with E-state index < -0.39 is 0 Å². The molecule has 0 saturated heterocycles. The molecule has 4 aliphatic rings. The topological polar surface area (TPSA) is 0 Å². The first-order valence-corrected chi connectivity index (χ1v) is 9.82. The highest BCUT2D eigenvalue weighted by atomic mass is 14.6. The maximum atomic E-state index is 2.78. The third kappa shape index (κ3) is 1.92. The Morgan fingerprint density at radius 2 is 1.00 bits per heavy atom. The van der Waals surface area contributed by atoms with Gasteiger partial charge in [-0.3, -0.25) is 0 Å². The molecule has 0 heteroatoms. The Morgan fingerprint density at radius 1 is 0.550 bits per heavy atom. The van der Waals surface area contributed by atoms with Crippen LogP contribution in [0.25, 0.3) is 0 Å². The summed E-state index contributed by atoms with van der Waals surface area (Å²) in [6.07, 6.45) is 20.3. The summed E-state index contributed by atoms with van der Waals surface area (Å²) >= 11 is 0. The first-order chi connectivity index (χ1) is 9.82. The van der Waals surface area contributed by atoms with Gasteiger partial charge in [-0.05, 0) is 73.5 Å². The van der Waals surface area contributed by atoms with E-state index >= 15 is 0 Å². The summed E-state index contributed by atoms with van der Waals surface area (Å²) in [7, 11) is 0. The molecule has 0 spiro atoms. The molecule has 4 aliphatic carbocycles. The fraction of sp³-hybridized carbons (Fsp3) is 1.00. The molecule has 0 amide bonds. The Balaban J connectivity index is 1.67. The van der Waals surface area contributed by atoms with Crippen molar-refractivity contribution in [1.82, 2.24) is 0 Å². The van der Waals surface area contributed by atoms with E-state index in [4.69, 9.17) is 0 Å². The second-order valence-electron chi connectivity index (χ2n) is 8.81. The average Bonchev–Trinajstić information content (AvgIpc) is 2.80. The molecular weight excluding hydrogens is 240 g/mol. The Kier molecular flexibility index (Phi) is 3.63. The van der Waals surface area contributed by atoms with Crippen LogP contribution in [0.2, 0.25) is 0 Å². The van der Waals surface area contributed by atoms with Crippen LogP contribution in [0.3, 0.4) is 0 Å². The highest BCUT2D eigenvalue weighted by molar-refractivity contribution is 5.08. The van der Waals surface area contributed by atoms with E-state index in [1.54, 1.807) is 64.2 Å². The van der Waals surface area contributed by atoms with Crippen LogP contribution in [0.5, 0.6) is 0 Å². The second kappa shape index (κ2) is 5.33. The SMILES string of the molecule is CC1(C2CCCCC2)C2CCCCC2C2CCCCC21. The largest absolute Gasteiger partial charge is 0.0588 e. The van der Waals surface area contributed by atoms with Gasteiger partial charge in [-0.15, -0.1) is 0 Å². The summed E-state index contributed by atoms with van der Waals surface area (Å²) in [5.41, 5.74) is 0.747. The summed E-state index contributed by atoms with van der Waals surface area (Å²) in [5, 5.41) is 0. The zero-order valence-electron chi connectivity index (χ0n) is 13.6. The summed E-state index contributed by atoms with van der Waals surface area (Å²) in [4.78, 5) is 0. The average molecular weight is 274 g/mol. The maximum Gasteiger partial charge on any atom is -0.0235 e. The molecule has 0 nitrogen and oxygen atoms in total. The third-order valence-electron chi connectivity index (χ3n) is 8.27. The van der Waals surface area contributed by atoms with Gasteiger partial charge in [0.1, 0.15) is 0 Å². The Labute approximate surface area is 126 Å². The van der Waals surface area contributed by atoms with Gasteiger partial charge in [0, 0.05) is 0 Å². The molecule has 4 saturated carbocycles. The maximum absolute atomic E-state index is 2.78. The molecule has 0 aliphatic heterocycles. The van der Waals surface area contributed by atoms with Crippen LogP contribution in [0.1, 0.15) is 90.4 Å². The van der Waals surface area contributed by atoms with Crippen molar-refractivity contribution in [3.05, 3.63) is 0 Å². The van der Waals surface area contributed by atoms with Crippen LogP contribution >= 0.6 is 0 Å². The van der Waals surface area contributed by atoms with Crippen molar-refractivity contribution in [3.8, 4) is 0 Å². The fourth-order valence-electron chi connectivity index (χ4n) is 7.49. The Hall–Kier alpha value is 0. The predicted molar refractivity (Wildman–Crippen MR) is 85.6 cm³/mol. The van der Waals surface area contributed by atoms with E-state index in [0.29, 0.717) is 0 Å². The summed E-state index contributed by atoms with van der Waals surface area (Å²) in [5.74, 6) is 5.61. The highest BCUT2D eigenvalue weighted by Gasteiger charge is 2.59. The van der Waals surface area contributed by atoms with Gasteiger partial charge in [-0.1, -0.05) is 51.9 Å². The van der Waals surface area contributed by atoms with Crippen molar-refractivity contribution < 1.29 is 0 Å². The van der Waals surface area contributed by atoms with Crippen molar-refractivity contribution in [2.75, 3.05) is 0 Å². The van der Waals surface area contributed by atoms with Crippen LogP contribution < -0.4 is 0 Å². The van der Waals surface area contributed by atoms with Crippen molar-refractivity contribution in [1.29, 1.82) is 0 Å². The van der Waals surface area contributed by atoms with Crippen LogP contribution in [0, 0.1) is 35.0 Å². The molecular formula is C20H34. The van der Waals surface area contributed by atoms with E-state index in [2.05, 4.69) is 6.92 Å². The van der Waals surface area contributed by atoms with Crippen molar-refractivity contribution in [2.24, 2.45) is 35.0 Å². The van der Waals surface area contributed by atoms with Crippen molar-refractivity contribution in [3.63, 3.8) is 0 Å². The predicted octanol–water partition coefficient (Wildman–Crippen LogP) is 6.20. The third-order valence-corrected chi connectivity index (χ3v) is 8.27. The molecule has 0 aromatic heterocycles. The Bertz CT molecular complexity index is 316. The van der Waals surface area contributed by atoms with E-state index in [1.165, 1.54) is 19.3 Å². The molecule has 0 radical (unpaired) electrons. The van der Waals surface area contributed by atoms with Gasteiger partial charge in [0.25, 0.3) is 0 Å². The lowest BCUT2D eigenvalue weighted by molar-refractivity contribution is 0.0113. The van der Waals surface area contributed by atoms with Crippen molar-refractivity contribution in [2.45, 2.75) is 90.4 Å². The van der Waals surface area contributed by atoms with Crippen molar-refractivity contribution >= 4 is 0 Å². The van der Waals surface area contributed by atoms with Gasteiger partial charge in [0.15, 0.2) is 0 Å². The quantitative estimate of drug-likeness (QED) is 0.534. The first kappa shape index (κ1) is 13.6. The fourth-order valence-corrected chi connectivity index (χ4v) is 7.49. The molecule has 4 fully saturated rings. The number of rotatable bonds is 1. The second-order valence-corrected chi connectivity index (χ2v) is 8.81. The normalized spacial score (nSPS) is 49.6. The molecule has 4 unspecified atom stereocenters. The molecule has 4 rings (SSSR count). The van der Waals surface area contributed by atoms with Gasteiger partial charge < -0.3 is 0 Å². The van der Waals surface area contributed by atoms with E-state index in [0.717, 1.165) is 35.0 Å².